The van der Waals surface area contributed by atoms with E-state index in [0.717, 1.165) is 16.6 Å². The lowest BCUT2D eigenvalue weighted by molar-refractivity contribution is -0.130. The first kappa shape index (κ1) is 15.1. The molecule has 1 heterocycles. The topological polar surface area (TPSA) is 32.3 Å². The molecule has 4 heteroatoms. The first-order valence-electron chi connectivity index (χ1n) is 7.40. The molecular weight excluding hydrogens is 340 g/mol. The van der Waals surface area contributed by atoms with Crippen LogP contribution in [0.15, 0.2) is 53.0 Å². The van der Waals surface area contributed by atoms with Crippen molar-refractivity contribution in [2.75, 3.05) is 12.4 Å². The summed E-state index contributed by atoms with van der Waals surface area (Å²) in [6, 6.07) is 16.9. The zero-order chi connectivity index (χ0) is 15.7. The monoisotopic (exact) mass is 358 g/mol. The van der Waals surface area contributed by atoms with Crippen LogP contribution in [0.5, 0.6) is 0 Å². The van der Waals surface area contributed by atoms with Crippen molar-refractivity contribution < 1.29 is 4.79 Å². The number of benzene rings is 2. The number of rotatable bonds is 2. The summed E-state index contributed by atoms with van der Waals surface area (Å²) in [5.41, 5.74) is 3.51. The molecule has 114 valence electrons. The predicted molar refractivity (Wildman–Crippen MR) is 92.7 cm³/mol. The maximum Gasteiger partial charge on any atom is 0.219 e. The first-order valence-corrected chi connectivity index (χ1v) is 8.20. The van der Waals surface area contributed by atoms with Crippen molar-refractivity contribution in [2.45, 2.75) is 25.4 Å². The molecule has 1 amide bonds. The number of fused-ring (bicyclic) bond motifs is 1. The Morgan fingerprint density at radius 1 is 1.23 bits per heavy atom. The van der Waals surface area contributed by atoms with E-state index >= 15 is 0 Å². The van der Waals surface area contributed by atoms with Crippen LogP contribution < -0.4 is 5.32 Å². The molecule has 0 bridgehead atoms. The zero-order valence-corrected chi connectivity index (χ0v) is 14.3. The van der Waals surface area contributed by atoms with Crippen LogP contribution in [0.4, 0.5) is 5.69 Å². The molecule has 0 spiro atoms. The minimum Gasteiger partial charge on any atom is -0.378 e. The number of amides is 1. The molecule has 1 N–H and O–H groups in total. The molecule has 2 aromatic carbocycles. The Morgan fingerprint density at radius 2 is 1.95 bits per heavy atom. The molecule has 0 radical (unpaired) electrons. The maximum absolute atomic E-state index is 11.9. The fourth-order valence-corrected chi connectivity index (χ4v) is 3.41. The van der Waals surface area contributed by atoms with Crippen LogP contribution in [0.25, 0.3) is 0 Å². The van der Waals surface area contributed by atoms with Crippen molar-refractivity contribution in [1.82, 2.24) is 4.90 Å². The number of nitrogens with zero attached hydrogens (tertiary/aromatic N) is 1. The summed E-state index contributed by atoms with van der Waals surface area (Å²) in [6.45, 7) is 1.62. The van der Waals surface area contributed by atoms with Crippen molar-refractivity contribution in [2.24, 2.45) is 0 Å². The predicted octanol–water partition coefficient (Wildman–Crippen LogP) is 4.53. The highest BCUT2D eigenvalue weighted by molar-refractivity contribution is 9.10. The zero-order valence-electron chi connectivity index (χ0n) is 12.7. The van der Waals surface area contributed by atoms with Gasteiger partial charge in [0.1, 0.15) is 0 Å². The van der Waals surface area contributed by atoms with Crippen LogP contribution in [-0.2, 0) is 4.79 Å². The van der Waals surface area contributed by atoms with Crippen molar-refractivity contribution in [1.29, 1.82) is 0 Å². The SMILES string of the molecule is CC(=O)N(C)[C@H]1C[C@@H](c2ccccc2)Nc2ccc(Br)cc21. The highest BCUT2D eigenvalue weighted by Gasteiger charge is 2.31. The molecule has 0 saturated heterocycles. The lowest BCUT2D eigenvalue weighted by atomic mass is 9.88. The summed E-state index contributed by atoms with van der Waals surface area (Å²) in [5.74, 6) is 0.0876. The fourth-order valence-electron chi connectivity index (χ4n) is 3.03. The molecule has 0 saturated carbocycles. The van der Waals surface area contributed by atoms with E-state index in [0.29, 0.717) is 0 Å². The molecule has 0 fully saturated rings. The van der Waals surface area contributed by atoms with Crippen molar-refractivity contribution in [3.05, 3.63) is 64.1 Å². The van der Waals surface area contributed by atoms with Gasteiger partial charge >= 0.3 is 0 Å². The minimum atomic E-state index is 0.0801. The van der Waals surface area contributed by atoms with Gasteiger partial charge in [0.25, 0.3) is 0 Å². The summed E-state index contributed by atoms with van der Waals surface area (Å²) in [6.07, 6.45) is 0.865. The van der Waals surface area contributed by atoms with Crippen LogP contribution >= 0.6 is 15.9 Å². The van der Waals surface area contributed by atoms with Gasteiger partial charge in [-0.05, 0) is 35.7 Å². The van der Waals surface area contributed by atoms with Gasteiger partial charge in [0.15, 0.2) is 0 Å². The Labute approximate surface area is 139 Å². The number of carbonyl (C=O) groups is 1. The van der Waals surface area contributed by atoms with Gasteiger partial charge in [-0.1, -0.05) is 46.3 Å². The number of carbonyl (C=O) groups excluding carboxylic acids is 1. The molecule has 1 aliphatic rings. The molecule has 22 heavy (non-hydrogen) atoms. The molecule has 0 aromatic heterocycles. The van der Waals surface area contributed by atoms with Gasteiger partial charge in [-0.25, -0.2) is 0 Å². The second-order valence-corrected chi connectivity index (χ2v) is 6.64. The third-order valence-corrected chi connectivity index (χ3v) is 4.82. The Bertz CT molecular complexity index is 687. The van der Waals surface area contributed by atoms with E-state index in [1.54, 1.807) is 6.92 Å². The molecule has 0 aliphatic carbocycles. The van der Waals surface area contributed by atoms with E-state index in [2.05, 4.69) is 57.6 Å². The van der Waals surface area contributed by atoms with Crippen molar-refractivity contribution in [3.8, 4) is 0 Å². The summed E-state index contributed by atoms with van der Waals surface area (Å²) in [4.78, 5) is 13.7. The van der Waals surface area contributed by atoms with E-state index in [1.807, 2.05) is 24.1 Å². The lowest BCUT2D eigenvalue weighted by Crippen LogP contribution is -2.34. The van der Waals surface area contributed by atoms with Gasteiger partial charge in [0, 0.05) is 24.1 Å². The van der Waals surface area contributed by atoms with Crippen LogP contribution in [0.2, 0.25) is 0 Å². The molecule has 2 aromatic rings. The number of anilines is 1. The van der Waals surface area contributed by atoms with E-state index < -0.39 is 0 Å². The number of hydrogen-bond donors (Lipinski definition) is 1. The van der Waals surface area contributed by atoms with Gasteiger partial charge in [0.05, 0.1) is 12.1 Å². The van der Waals surface area contributed by atoms with Gasteiger partial charge in [-0.2, -0.15) is 0 Å². The molecular formula is C18H19BrN2O. The van der Waals surface area contributed by atoms with E-state index in [-0.39, 0.29) is 18.0 Å². The minimum absolute atomic E-state index is 0.0801. The highest BCUT2D eigenvalue weighted by Crippen LogP contribution is 2.42. The molecule has 3 nitrogen and oxygen atoms in total. The Morgan fingerprint density at radius 3 is 2.64 bits per heavy atom. The van der Waals surface area contributed by atoms with Gasteiger partial charge in [-0.15, -0.1) is 0 Å². The van der Waals surface area contributed by atoms with Gasteiger partial charge in [0.2, 0.25) is 5.91 Å². The Hall–Kier alpha value is -1.81. The average Bonchev–Trinajstić information content (AvgIpc) is 2.54. The molecule has 3 rings (SSSR count). The summed E-state index contributed by atoms with van der Waals surface area (Å²) in [5, 5.41) is 3.61. The summed E-state index contributed by atoms with van der Waals surface area (Å²) < 4.78 is 1.04. The lowest BCUT2D eigenvalue weighted by Gasteiger charge is -2.38. The van der Waals surface area contributed by atoms with E-state index in [4.69, 9.17) is 0 Å². The van der Waals surface area contributed by atoms with Crippen LogP contribution in [-0.4, -0.2) is 17.9 Å². The van der Waals surface area contributed by atoms with Gasteiger partial charge in [-0.3, -0.25) is 4.79 Å². The first-order chi connectivity index (χ1) is 10.6. The third-order valence-electron chi connectivity index (χ3n) is 4.33. The Balaban J connectivity index is 2.01. The van der Waals surface area contributed by atoms with Crippen molar-refractivity contribution >= 4 is 27.5 Å². The number of nitrogens with one attached hydrogen (secondary N) is 1. The molecule has 2 atom stereocenters. The largest absolute Gasteiger partial charge is 0.378 e. The van der Waals surface area contributed by atoms with Crippen LogP contribution in [0.3, 0.4) is 0 Å². The molecule has 0 unspecified atom stereocenters. The quantitative estimate of drug-likeness (QED) is 0.855. The average molecular weight is 359 g/mol. The van der Waals surface area contributed by atoms with Crippen molar-refractivity contribution in [3.63, 3.8) is 0 Å². The summed E-state index contributed by atoms with van der Waals surface area (Å²) >= 11 is 3.53. The highest BCUT2D eigenvalue weighted by atomic mass is 79.9. The smallest absolute Gasteiger partial charge is 0.219 e. The third kappa shape index (κ3) is 2.88. The number of halogens is 1. The maximum atomic E-state index is 11.9. The van der Waals surface area contributed by atoms with Gasteiger partial charge < -0.3 is 10.2 Å². The normalized spacial score (nSPS) is 20.0. The van der Waals surface area contributed by atoms with Crippen LogP contribution in [0, 0.1) is 0 Å². The molecule has 1 aliphatic heterocycles. The Kier molecular flexibility index (Phi) is 4.21. The standard InChI is InChI=1S/C18H19BrN2O/c1-12(22)21(2)18-11-17(13-6-4-3-5-7-13)20-16-9-8-14(19)10-15(16)18/h3-10,17-18,20H,11H2,1-2H3/t17-,18-/m0/s1. The second kappa shape index (κ2) is 6.13. The fraction of sp³-hybridized carbons (Fsp3) is 0.278. The summed E-state index contributed by atoms with van der Waals surface area (Å²) in [7, 11) is 1.88. The van der Waals surface area contributed by atoms with E-state index in [9.17, 15) is 4.79 Å². The number of hydrogen-bond acceptors (Lipinski definition) is 2. The second-order valence-electron chi connectivity index (χ2n) is 5.72. The van der Waals surface area contributed by atoms with E-state index in [1.165, 1.54) is 11.1 Å². The van der Waals surface area contributed by atoms with Crippen LogP contribution in [0.1, 0.15) is 36.6 Å².